The minimum Gasteiger partial charge on any atom is -0.505 e. The van der Waals surface area contributed by atoms with Crippen LogP contribution in [0, 0.1) is 20.8 Å². The molecule has 0 radical (unpaired) electrons. The van der Waals surface area contributed by atoms with Gasteiger partial charge in [0.15, 0.2) is 5.82 Å². The molecule has 0 bridgehead atoms. The molecule has 10 heteroatoms. The molecule has 1 atom stereocenters. The van der Waals surface area contributed by atoms with Gasteiger partial charge in [0, 0.05) is 11.8 Å². The van der Waals surface area contributed by atoms with Gasteiger partial charge in [-0.2, -0.15) is 0 Å². The Morgan fingerprint density at radius 1 is 1.28 bits per heavy atom. The van der Waals surface area contributed by atoms with E-state index >= 15 is 0 Å². The van der Waals surface area contributed by atoms with Crippen LogP contribution in [-0.4, -0.2) is 46.6 Å². The van der Waals surface area contributed by atoms with Gasteiger partial charge in [-0.15, -0.1) is 0 Å². The lowest BCUT2D eigenvalue weighted by Crippen LogP contribution is -2.29. The number of amides is 1. The van der Waals surface area contributed by atoms with Crippen LogP contribution in [0.4, 0.5) is 5.82 Å². The molecule has 2 N–H and O–H groups in total. The first-order valence-corrected chi connectivity index (χ1v) is 11.0. The summed E-state index contributed by atoms with van der Waals surface area (Å²) in [5.41, 5.74) is 1.50. The third kappa shape index (κ3) is 4.06. The van der Waals surface area contributed by atoms with Crippen LogP contribution >= 0.6 is 0 Å². The van der Waals surface area contributed by atoms with Gasteiger partial charge >= 0.3 is 11.9 Å². The highest BCUT2D eigenvalue weighted by atomic mass is 16.5. The van der Waals surface area contributed by atoms with Gasteiger partial charge in [0.1, 0.15) is 23.9 Å². The van der Waals surface area contributed by atoms with Gasteiger partial charge in [0.25, 0.3) is 5.78 Å². The Morgan fingerprint density at radius 2 is 2.03 bits per heavy atom. The van der Waals surface area contributed by atoms with Gasteiger partial charge in [-0.25, -0.2) is 4.79 Å². The minimum atomic E-state index is -1.05. The molecule has 0 aliphatic carbocycles. The van der Waals surface area contributed by atoms with E-state index in [9.17, 15) is 19.5 Å². The SMILES string of the molecule is C=CCOc1cccc(C2/C(=C(\O)c3[nH]c(C)c(C(=O)OC)c3C)C(=O)C(=O)N2c2cc(C)on2)c1. The van der Waals surface area contributed by atoms with Gasteiger partial charge in [0.05, 0.1) is 30.0 Å². The first kappa shape index (κ1) is 24.5. The number of aryl methyl sites for hydroxylation is 2. The molecule has 186 valence electrons. The van der Waals surface area contributed by atoms with E-state index in [1.54, 1.807) is 51.1 Å². The molecular weight excluding hydrogens is 466 g/mol. The molecule has 0 spiro atoms. The van der Waals surface area contributed by atoms with Crippen molar-refractivity contribution < 1.29 is 33.5 Å². The van der Waals surface area contributed by atoms with Crippen LogP contribution in [0.1, 0.15) is 44.7 Å². The zero-order valence-corrected chi connectivity index (χ0v) is 20.2. The first-order chi connectivity index (χ1) is 17.2. The van der Waals surface area contributed by atoms with E-state index in [-0.39, 0.29) is 29.3 Å². The third-order valence-corrected chi connectivity index (χ3v) is 5.91. The number of rotatable bonds is 7. The molecular formula is C26H25N3O7. The number of Topliss-reactive ketones (excluding diaryl/α,β-unsaturated/α-hetero) is 1. The Hall–Kier alpha value is -4.60. The van der Waals surface area contributed by atoms with Crippen LogP contribution in [-0.2, 0) is 14.3 Å². The van der Waals surface area contributed by atoms with E-state index in [2.05, 4.69) is 16.7 Å². The predicted molar refractivity (Wildman–Crippen MR) is 130 cm³/mol. The van der Waals surface area contributed by atoms with E-state index < -0.39 is 29.5 Å². The van der Waals surface area contributed by atoms with Crippen LogP contribution in [0.3, 0.4) is 0 Å². The number of anilines is 1. The molecule has 1 aromatic carbocycles. The summed E-state index contributed by atoms with van der Waals surface area (Å²) >= 11 is 0. The molecule has 1 unspecified atom stereocenters. The summed E-state index contributed by atoms with van der Waals surface area (Å²) in [4.78, 5) is 42.9. The third-order valence-electron chi connectivity index (χ3n) is 5.91. The van der Waals surface area contributed by atoms with Gasteiger partial charge < -0.3 is 24.1 Å². The lowest BCUT2D eigenvalue weighted by Gasteiger charge is -2.23. The van der Waals surface area contributed by atoms with Crippen LogP contribution in [0.2, 0.25) is 0 Å². The first-order valence-electron chi connectivity index (χ1n) is 11.0. The molecule has 1 aliphatic rings. The molecule has 3 aromatic rings. The molecule has 4 rings (SSSR count). The second-order valence-corrected chi connectivity index (χ2v) is 8.25. The number of hydrogen-bond donors (Lipinski definition) is 2. The fourth-order valence-corrected chi connectivity index (χ4v) is 4.31. The number of aromatic nitrogens is 2. The number of ether oxygens (including phenoxy) is 2. The zero-order chi connectivity index (χ0) is 26.1. The van der Waals surface area contributed by atoms with Crippen molar-refractivity contribution in [3.05, 3.63) is 82.4 Å². The van der Waals surface area contributed by atoms with Crippen LogP contribution in [0.25, 0.3) is 5.76 Å². The number of nitrogens with one attached hydrogen (secondary N) is 1. The fourth-order valence-electron chi connectivity index (χ4n) is 4.31. The van der Waals surface area contributed by atoms with E-state index in [0.29, 0.717) is 28.3 Å². The largest absolute Gasteiger partial charge is 0.505 e. The average molecular weight is 492 g/mol. The minimum absolute atomic E-state index is 0.116. The Morgan fingerprint density at radius 3 is 2.67 bits per heavy atom. The Balaban J connectivity index is 1.95. The number of methoxy groups -OCH3 is 1. The maximum Gasteiger partial charge on any atom is 0.339 e. The molecule has 10 nitrogen and oxygen atoms in total. The van der Waals surface area contributed by atoms with Crippen LogP contribution in [0.15, 0.2) is 53.1 Å². The number of aromatic amines is 1. The molecule has 1 aliphatic heterocycles. The van der Waals surface area contributed by atoms with E-state index in [4.69, 9.17) is 14.0 Å². The number of carbonyl (C=O) groups excluding carboxylic acids is 3. The number of aliphatic hydroxyl groups is 1. The number of esters is 1. The molecule has 1 saturated heterocycles. The lowest BCUT2D eigenvalue weighted by molar-refractivity contribution is -0.132. The Kier molecular flexibility index (Phi) is 6.52. The number of aliphatic hydroxyl groups excluding tert-OH is 1. The van der Waals surface area contributed by atoms with Crippen molar-refractivity contribution >= 4 is 29.2 Å². The topological polar surface area (TPSA) is 135 Å². The van der Waals surface area contributed by atoms with Gasteiger partial charge in [0.2, 0.25) is 0 Å². The smallest absolute Gasteiger partial charge is 0.339 e. The Bertz CT molecular complexity index is 1410. The summed E-state index contributed by atoms with van der Waals surface area (Å²) in [7, 11) is 1.25. The maximum atomic E-state index is 13.3. The van der Waals surface area contributed by atoms with Crippen molar-refractivity contribution in [3.63, 3.8) is 0 Å². The highest BCUT2D eigenvalue weighted by Gasteiger charge is 2.48. The second kappa shape index (κ2) is 9.57. The second-order valence-electron chi connectivity index (χ2n) is 8.25. The average Bonchev–Trinajstić information content (AvgIpc) is 3.50. The number of benzene rings is 1. The normalized spacial score (nSPS) is 16.9. The molecule has 2 aromatic heterocycles. The van der Waals surface area contributed by atoms with Crippen LogP contribution < -0.4 is 9.64 Å². The van der Waals surface area contributed by atoms with Gasteiger partial charge in [-0.05, 0) is 44.0 Å². The summed E-state index contributed by atoms with van der Waals surface area (Å²) in [6.07, 6.45) is 1.59. The predicted octanol–water partition coefficient (Wildman–Crippen LogP) is 3.91. The van der Waals surface area contributed by atoms with Crippen molar-refractivity contribution in [2.45, 2.75) is 26.8 Å². The number of ketones is 1. The van der Waals surface area contributed by atoms with Crippen molar-refractivity contribution in [2.75, 3.05) is 18.6 Å². The summed E-state index contributed by atoms with van der Waals surface area (Å²) in [6.45, 7) is 8.80. The number of hydrogen-bond acceptors (Lipinski definition) is 8. The summed E-state index contributed by atoms with van der Waals surface area (Å²) < 4.78 is 15.6. The number of nitrogens with zero attached hydrogens (tertiary/aromatic N) is 2. The fraction of sp³-hybridized carbons (Fsp3) is 0.231. The summed E-state index contributed by atoms with van der Waals surface area (Å²) in [5, 5.41) is 15.3. The Labute approximate surface area is 206 Å². The lowest BCUT2D eigenvalue weighted by atomic mass is 9.95. The maximum absolute atomic E-state index is 13.3. The van der Waals surface area contributed by atoms with E-state index in [1.807, 2.05) is 0 Å². The molecule has 1 amide bonds. The summed E-state index contributed by atoms with van der Waals surface area (Å²) in [6, 6.07) is 7.28. The number of carbonyl (C=O) groups is 3. The van der Waals surface area contributed by atoms with Crippen molar-refractivity contribution in [2.24, 2.45) is 0 Å². The van der Waals surface area contributed by atoms with Gasteiger partial charge in [-0.3, -0.25) is 14.5 Å². The molecule has 0 saturated carbocycles. The van der Waals surface area contributed by atoms with Crippen molar-refractivity contribution in [1.82, 2.24) is 10.1 Å². The van der Waals surface area contributed by atoms with E-state index in [1.165, 1.54) is 18.1 Å². The van der Waals surface area contributed by atoms with Crippen LogP contribution in [0.5, 0.6) is 5.75 Å². The zero-order valence-electron chi connectivity index (χ0n) is 20.2. The molecule has 1 fully saturated rings. The molecule has 36 heavy (non-hydrogen) atoms. The van der Waals surface area contributed by atoms with Crippen molar-refractivity contribution in [1.29, 1.82) is 0 Å². The number of H-pyrrole nitrogens is 1. The van der Waals surface area contributed by atoms with Crippen molar-refractivity contribution in [3.8, 4) is 5.75 Å². The summed E-state index contributed by atoms with van der Waals surface area (Å²) in [5.74, 6) is -1.83. The monoisotopic (exact) mass is 491 g/mol. The highest BCUT2D eigenvalue weighted by Crippen LogP contribution is 2.43. The van der Waals surface area contributed by atoms with Gasteiger partial charge in [-0.1, -0.05) is 29.9 Å². The molecule has 3 heterocycles. The quantitative estimate of drug-likeness (QED) is 0.167. The standard InChI is InChI=1S/C26H25N3O7/c1-6-10-35-17-9-7-8-16(12-17)22-20(24(31)25(32)29(22)18-11-13(2)36-28-18)23(30)21-14(3)19(15(4)27-21)26(33)34-5/h6-9,11-12,22,27,30H,1,10H2,2-5H3/b23-20+. The van der Waals surface area contributed by atoms with E-state index in [0.717, 1.165) is 0 Å². The highest BCUT2D eigenvalue weighted by molar-refractivity contribution is 6.51.